The zero-order chi connectivity index (χ0) is 108. The maximum absolute atomic E-state index is 17.0. The second kappa shape index (κ2) is 45.6. The molecule has 2 unspecified atom stereocenters. The van der Waals surface area contributed by atoms with Crippen molar-refractivity contribution in [2.75, 3.05) is 60.9 Å². The number of aliphatic hydroxyl groups excluding tert-OH is 2. The zero-order valence-electron chi connectivity index (χ0n) is 86.9. The molecule has 47 nitrogen and oxygen atoms in total. The minimum atomic E-state index is -4.52. The Kier molecular flexibility index (Phi) is 35.2. The van der Waals surface area contributed by atoms with Crippen molar-refractivity contribution in [2.24, 2.45) is 11.8 Å². The minimum absolute atomic E-state index is 0.0301. The van der Waals surface area contributed by atoms with Crippen LogP contribution in [0.3, 0.4) is 0 Å². The molecule has 0 aliphatic carbocycles. The van der Waals surface area contributed by atoms with Crippen molar-refractivity contribution in [1.82, 2.24) is 78.1 Å². The van der Waals surface area contributed by atoms with Crippen LogP contribution in [0.2, 0.25) is 72.5 Å². The summed E-state index contributed by atoms with van der Waals surface area (Å²) in [5.74, 6) is -3.60. The topological polar surface area (TPSA) is 584 Å². The first-order valence-electron chi connectivity index (χ1n) is 48.4. The van der Waals surface area contributed by atoms with Crippen LogP contribution in [-0.2, 0) is 111 Å². The predicted octanol–water partition coefficient (Wildman–Crippen LogP) is 14.0. The van der Waals surface area contributed by atoms with Gasteiger partial charge in [-0.25, -0.2) is 39.9 Å². The summed E-state index contributed by atoms with van der Waals surface area (Å²) in [6, 6.07) is 21.0. The molecule has 4 aliphatic heterocycles. The summed E-state index contributed by atoms with van der Waals surface area (Å²) >= 11 is 13.2. The number of carbonyl (C=O) groups is 4. The highest BCUT2D eigenvalue weighted by molar-refractivity contribution is 8.07. The van der Waals surface area contributed by atoms with Crippen LogP contribution in [-0.4, -0.2) is 258 Å². The van der Waals surface area contributed by atoms with E-state index in [0.29, 0.717) is 0 Å². The van der Waals surface area contributed by atoms with Crippen molar-refractivity contribution in [1.29, 1.82) is 10.5 Å². The number of nitrogens with zero attached hydrogens (tertiary/aromatic N) is 16. The van der Waals surface area contributed by atoms with Gasteiger partial charge in [-0.05, 0) is 120 Å². The van der Waals surface area contributed by atoms with Crippen LogP contribution in [0.5, 0.6) is 0 Å². The van der Waals surface area contributed by atoms with Crippen molar-refractivity contribution >= 4 is 170 Å². The molecule has 12 heterocycles. The first-order chi connectivity index (χ1) is 69.4. The number of amides is 4. The monoisotopic (exact) mass is 2210 g/mol. The highest BCUT2D eigenvalue weighted by atomic mass is 32.5. The number of nitrogens with one attached hydrogen (secondary N) is 6. The first-order valence-corrected chi connectivity index (χ1v) is 66.3. The second-order valence-electron chi connectivity index (χ2n) is 43.0. The molecule has 4 saturated heterocycles. The summed E-state index contributed by atoms with van der Waals surface area (Å²) in [6.45, 7) is 34.0. The van der Waals surface area contributed by atoms with Gasteiger partial charge in [-0.3, -0.25) is 90.3 Å². The van der Waals surface area contributed by atoms with E-state index in [2.05, 4.69) is 73.3 Å². The Bertz CT molecular complexity index is 6430. The van der Waals surface area contributed by atoms with Crippen LogP contribution in [0.15, 0.2) is 108 Å². The van der Waals surface area contributed by atoms with Crippen LogP contribution < -0.4 is 32.4 Å². The zero-order valence-corrected chi connectivity index (χ0v) is 95.4. The molecule has 8 aromatic heterocycles. The fourth-order valence-electron chi connectivity index (χ4n) is 15.5. The highest BCUT2D eigenvalue weighted by Gasteiger charge is 2.61. The molecule has 14 rings (SSSR count). The Balaban J connectivity index is 0.902. The number of carbonyl (C=O) groups excluding carboxylic acids is 4. The molecule has 2 aromatic carbocycles. The largest absolute Gasteiger partial charge is 0.408 e. The fraction of sp³-hybridized carbons (Fsp3) is 0.587. The van der Waals surface area contributed by atoms with Gasteiger partial charge < -0.3 is 75.6 Å². The van der Waals surface area contributed by atoms with Gasteiger partial charge in [-0.15, -0.1) is 0 Å². The Morgan fingerprint density at radius 3 is 1.06 bits per heavy atom. The molecule has 4 amide bonds. The van der Waals surface area contributed by atoms with Crippen LogP contribution in [0.4, 0.5) is 23.5 Å². The predicted molar refractivity (Wildman–Crippen MR) is 562 cm³/mol. The number of aromatic amines is 2. The number of nitriles is 2. The Morgan fingerprint density at radius 1 is 0.446 bits per heavy atom. The number of fused-ring (bicyclic) bond motifs is 4. The van der Waals surface area contributed by atoms with Crippen molar-refractivity contribution < 1.29 is 107 Å². The Morgan fingerprint density at radius 2 is 0.750 bits per heavy atom. The van der Waals surface area contributed by atoms with E-state index in [0.717, 1.165) is 0 Å². The van der Waals surface area contributed by atoms with E-state index in [1.54, 1.807) is 88.4 Å². The third-order valence-electron chi connectivity index (χ3n) is 27.9. The molecule has 0 saturated carbocycles. The lowest BCUT2D eigenvalue weighted by atomic mass is 10.1. The molecule has 8 N–H and O–H groups in total. The van der Waals surface area contributed by atoms with Gasteiger partial charge in [0.25, 0.3) is 22.9 Å². The molecule has 148 heavy (non-hydrogen) atoms. The third-order valence-corrected chi connectivity index (χ3v) is 51.4. The lowest BCUT2D eigenvalue weighted by molar-refractivity contribution is -0.119. The van der Waals surface area contributed by atoms with E-state index in [4.69, 9.17) is 116 Å². The lowest BCUT2D eigenvalue weighted by Gasteiger charge is -2.41. The van der Waals surface area contributed by atoms with E-state index in [-0.39, 0.29) is 105 Å². The first kappa shape index (κ1) is 114. The van der Waals surface area contributed by atoms with Gasteiger partial charge in [0, 0.05) is 23.0 Å². The Labute approximate surface area is 870 Å². The fourth-order valence-corrected chi connectivity index (χ4v) is 26.0. The summed E-state index contributed by atoms with van der Waals surface area (Å²) in [5, 5.41) is 52.2. The average molecular weight is 2210 g/mol. The van der Waals surface area contributed by atoms with Gasteiger partial charge in [0.1, 0.15) is 85.9 Å². The van der Waals surface area contributed by atoms with E-state index in [9.17, 15) is 49.5 Å². The van der Waals surface area contributed by atoms with Gasteiger partial charge in [0.2, 0.25) is 23.7 Å². The summed E-state index contributed by atoms with van der Waals surface area (Å²) < 4.78 is 137. The molecule has 4 aliphatic rings. The van der Waals surface area contributed by atoms with E-state index < -0.39 is 246 Å². The number of benzene rings is 2. The summed E-state index contributed by atoms with van der Waals surface area (Å²) in [4.78, 5) is 134. The minimum Gasteiger partial charge on any atom is -0.408 e. The number of ether oxygens (including phenoxy) is 4. The average Bonchev–Trinajstić information content (AvgIpc) is 1.60. The molecule has 56 heteroatoms. The van der Waals surface area contributed by atoms with E-state index in [1.807, 2.05) is 135 Å². The van der Waals surface area contributed by atoms with Gasteiger partial charge in [-0.1, -0.05) is 147 Å². The second-order valence-corrected chi connectivity index (χ2v) is 68.9. The van der Waals surface area contributed by atoms with Crippen LogP contribution >= 0.6 is 21.7 Å². The number of aromatic nitrogens is 16. The van der Waals surface area contributed by atoms with E-state index in [1.165, 1.54) is 56.2 Å². The van der Waals surface area contributed by atoms with Crippen molar-refractivity contribution in [3.8, 4) is 12.1 Å². The third kappa shape index (κ3) is 25.1. The summed E-state index contributed by atoms with van der Waals surface area (Å²) in [7, 11) is -16.9. The molecule has 802 valence electrons. The number of hydrogen-bond donors (Lipinski definition) is 8. The molecule has 0 bridgehead atoms. The maximum atomic E-state index is 17.0. The SMILES string of the molecule is CC(C)C(=O)Nc1nc2c(ncn2[C@@H]2O[C@H](CO)[C@@H](O[Si](C)(C)C(C)(C)C)[C@H]2OP(=S)(OCCC#N)OC[C@H]2O[C@@H](n3cnc4c(NC(=O)c5ccccc5)ncnc43)[C@H](O[PH](=O)O[C@@H]3[C@H](O[Si](C)(C)C(C)(C)C)[C@@H](COP(=S)(OCCC#N)O[C@@H]4[C@H](O[Si](C)(C)C(C)(C)C)[C@@H](CO)O[C@H]4n4cnc5c(=O)[nH]c(NC(=O)C(C)C)nc54)O[C@H]3n3cnc4c(NC(=O)c5ccccc5)ncnc43)[C@@H]2O[Si](C)(C)C(C)(C)C)c(=O)[nH]1. The number of H-pyrrole nitrogens is 2. The number of imidazole rings is 4. The number of rotatable bonds is 42. The molecular formula is C92H131N22O25P3S2Si4. The number of aliphatic hydroxyl groups is 2. The molecule has 10 aromatic rings. The standard InChI is InChI=1S/C92H131N22O25P3S2Si4/c1-51(2)77(117)107-87-105-75-61(81(121)109-87)101-49-113(75)85-69(63(55(41-115)128-85)136-145(17,18)89(5,6)7)134-141(143,124-39-31-37-93)126-43-57-65(138-147(21,22)91(11,12)13)67(83(130-57)111-47-99-59-71(95-45-97-73(59)111)103-79(119)53-33-27-25-28-34-53)132-140(123)133-68-66(139-148(23,24)92(14,15)16)58(131-84(68)112-48-100-60-72(96-46-98-74(60)112)104-80(120)54-35-29-26-30-36-54)44-127-142(144,125-40-32-38-94)135-70-64(137-146(19,20)90(8,9)10)56(42-116)129-86(70)114-50-102-62-76(114)106-88(110-82(62)122)108-78(118)52(3)4/h25-30,33-36,45-52,55-58,63-70,83-86,115-116,140H,31-32,39-44H2,1-24H3,(H,95,97,103,119)(H,96,98,104,120)(H2,105,107,109,117,121)(H2,106,108,110,118,122)/t55-,56-,57-,58-,63-,64-,65-,66-,67-,68-,69-,70-,83-,84-,85-,86-,141?,142?/m1/s1. The van der Waals surface area contributed by atoms with Crippen LogP contribution in [0, 0.1) is 34.5 Å². The van der Waals surface area contributed by atoms with Gasteiger partial charge in [-0.2, -0.15) is 20.5 Å². The quantitative estimate of drug-likeness (QED) is 0.0100. The van der Waals surface area contributed by atoms with Crippen molar-refractivity contribution in [3.05, 3.63) is 130 Å². The van der Waals surface area contributed by atoms with Crippen molar-refractivity contribution in [3.63, 3.8) is 0 Å². The number of hydrogen-bond acceptors (Lipinski definition) is 39. The van der Waals surface area contributed by atoms with Crippen LogP contribution in [0.1, 0.15) is 169 Å². The molecule has 0 spiro atoms. The number of anilines is 4. The summed E-state index contributed by atoms with van der Waals surface area (Å²) in [6.07, 6.45) is -15.7. The van der Waals surface area contributed by atoms with Crippen molar-refractivity contribution in [2.45, 2.75) is 294 Å². The molecule has 0 radical (unpaired) electrons. The molecular weight excluding hydrogens is 2080 g/mol. The highest BCUT2D eigenvalue weighted by Crippen LogP contribution is 2.60. The Hall–Kier alpha value is -9.22. The summed E-state index contributed by atoms with van der Waals surface area (Å²) in [5.41, 5.74) is -1.26. The maximum Gasteiger partial charge on any atom is 0.327 e. The van der Waals surface area contributed by atoms with Gasteiger partial charge >= 0.3 is 21.7 Å². The van der Waals surface area contributed by atoms with E-state index >= 15 is 4.57 Å². The van der Waals surface area contributed by atoms with Crippen LogP contribution in [0.25, 0.3) is 44.7 Å². The van der Waals surface area contributed by atoms with Gasteiger partial charge in [0.05, 0.1) is 89.9 Å². The molecule has 4 fully saturated rings. The molecule has 18 atom stereocenters. The van der Waals surface area contributed by atoms with Gasteiger partial charge in [0.15, 0.2) is 114 Å². The normalized spacial score (nSPS) is 23.9. The smallest absolute Gasteiger partial charge is 0.327 e. The lowest BCUT2D eigenvalue weighted by Crippen LogP contribution is -2.51.